The minimum atomic E-state index is -0.314. The minimum Gasteiger partial charge on any atom is -0.368 e. The van der Waals surface area contributed by atoms with Crippen molar-refractivity contribution >= 4 is 38.3 Å². The summed E-state index contributed by atoms with van der Waals surface area (Å²) in [6.07, 6.45) is 2.59. The van der Waals surface area contributed by atoms with Gasteiger partial charge in [-0.3, -0.25) is 4.79 Å². The Kier molecular flexibility index (Phi) is 4.03. The molecule has 1 amide bonds. The molecule has 0 aromatic heterocycles. The van der Waals surface area contributed by atoms with Crippen LogP contribution in [0.2, 0.25) is 0 Å². The molecule has 1 saturated heterocycles. The predicted octanol–water partition coefficient (Wildman–Crippen LogP) is 4.11. The second-order valence-corrected chi connectivity index (χ2v) is 5.84. The van der Waals surface area contributed by atoms with Crippen molar-refractivity contribution < 1.29 is 9.53 Å². The van der Waals surface area contributed by atoms with Crippen molar-refractivity contribution in [2.24, 2.45) is 0 Å². The third-order valence-corrected chi connectivity index (χ3v) is 4.29. The molecule has 2 aromatic rings. The molecular formula is C16H16BrNO2. The first-order chi connectivity index (χ1) is 9.75. The molecule has 1 atom stereocenters. The molecule has 1 N–H and O–H groups in total. The largest absolute Gasteiger partial charge is 0.368 e. The zero-order valence-corrected chi connectivity index (χ0v) is 12.7. The molecule has 0 bridgehead atoms. The number of hydrogen-bond acceptors (Lipinski definition) is 2. The summed E-state index contributed by atoms with van der Waals surface area (Å²) in [6, 6.07) is 11.9. The predicted molar refractivity (Wildman–Crippen MR) is 83.9 cm³/mol. The fraction of sp³-hybridized carbons (Fsp3) is 0.312. The lowest BCUT2D eigenvalue weighted by molar-refractivity contribution is -0.129. The molecule has 1 aliphatic rings. The molecule has 0 aliphatic carbocycles. The molecule has 1 heterocycles. The van der Waals surface area contributed by atoms with Crippen LogP contribution >= 0.6 is 15.9 Å². The monoisotopic (exact) mass is 333 g/mol. The summed E-state index contributed by atoms with van der Waals surface area (Å²) in [5, 5.41) is 5.12. The second-order valence-electron chi connectivity index (χ2n) is 4.98. The molecule has 20 heavy (non-hydrogen) atoms. The third kappa shape index (κ3) is 2.72. The summed E-state index contributed by atoms with van der Waals surface area (Å²) in [5.74, 6) is -0.0443. The van der Waals surface area contributed by atoms with Gasteiger partial charge in [-0.1, -0.05) is 40.2 Å². The van der Waals surface area contributed by atoms with E-state index in [-0.39, 0.29) is 12.0 Å². The number of amides is 1. The summed E-state index contributed by atoms with van der Waals surface area (Å²) >= 11 is 3.54. The lowest BCUT2D eigenvalue weighted by Crippen LogP contribution is -2.33. The van der Waals surface area contributed by atoms with Gasteiger partial charge in [-0.15, -0.1) is 0 Å². The van der Waals surface area contributed by atoms with Crippen LogP contribution in [0.15, 0.2) is 40.9 Å². The van der Waals surface area contributed by atoms with Gasteiger partial charge in [-0.25, -0.2) is 0 Å². The van der Waals surface area contributed by atoms with E-state index >= 15 is 0 Å². The number of halogens is 1. The van der Waals surface area contributed by atoms with Gasteiger partial charge in [0.1, 0.15) is 6.10 Å². The molecule has 1 aliphatic heterocycles. The summed E-state index contributed by atoms with van der Waals surface area (Å²) in [4.78, 5) is 12.2. The Balaban J connectivity index is 1.87. The standard InChI is InChI=1S/C16H16BrNO2/c17-13-8-9-14(12-6-2-1-5-11(12)13)18-16(19)15-7-3-4-10-20-15/h1-2,5-6,8-9,15H,3-4,7,10H2,(H,18,19). The van der Waals surface area contributed by atoms with Crippen molar-refractivity contribution in [3.05, 3.63) is 40.9 Å². The van der Waals surface area contributed by atoms with Gasteiger partial charge in [0.2, 0.25) is 0 Å². The molecule has 0 spiro atoms. The first kappa shape index (κ1) is 13.6. The highest BCUT2D eigenvalue weighted by Gasteiger charge is 2.22. The van der Waals surface area contributed by atoms with Crippen LogP contribution in [0.5, 0.6) is 0 Å². The second kappa shape index (κ2) is 5.94. The Morgan fingerprint density at radius 3 is 2.70 bits per heavy atom. The number of anilines is 1. The molecule has 0 saturated carbocycles. The summed E-state index contributed by atoms with van der Waals surface area (Å²) in [7, 11) is 0. The maximum absolute atomic E-state index is 12.2. The summed E-state index contributed by atoms with van der Waals surface area (Å²) in [6.45, 7) is 0.680. The van der Waals surface area contributed by atoms with E-state index in [1.54, 1.807) is 0 Å². The van der Waals surface area contributed by atoms with Gasteiger partial charge in [-0.05, 0) is 36.8 Å². The van der Waals surface area contributed by atoms with E-state index in [1.807, 2.05) is 36.4 Å². The SMILES string of the molecule is O=C(Nc1ccc(Br)c2ccccc12)C1CCCCO1. The first-order valence-corrected chi connectivity index (χ1v) is 7.65. The Morgan fingerprint density at radius 2 is 1.95 bits per heavy atom. The van der Waals surface area contributed by atoms with Crippen LogP contribution in [-0.2, 0) is 9.53 Å². The molecular weight excluding hydrogens is 318 g/mol. The van der Waals surface area contributed by atoms with Crippen LogP contribution in [0.1, 0.15) is 19.3 Å². The van der Waals surface area contributed by atoms with Crippen molar-refractivity contribution in [3.63, 3.8) is 0 Å². The molecule has 2 aromatic carbocycles. The molecule has 104 valence electrons. The van der Waals surface area contributed by atoms with E-state index < -0.39 is 0 Å². The van der Waals surface area contributed by atoms with Gasteiger partial charge in [0.25, 0.3) is 5.91 Å². The quantitative estimate of drug-likeness (QED) is 0.898. The molecule has 1 unspecified atom stereocenters. The molecule has 4 heteroatoms. The number of carbonyl (C=O) groups excluding carboxylic acids is 1. The molecule has 1 fully saturated rings. The van der Waals surface area contributed by atoms with Crippen molar-refractivity contribution in [2.75, 3.05) is 11.9 Å². The van der Waals surface area contributed by atoms with Crippen LogP contribution in [0, 0.1) is 0 Å². The number of fused-ring (bicyclic) bond motifs is 1. The number of ether oxygens (including phenoxy) is 1. The van der Waals surface area contributed by atoms with Crippen LogP contribution in [-0.4, -0.2) is 18.6 Å². The lowest BCUT2D eigenvalue weighted by Gasteiger charge is -2.22. The summed E-state index contributed by atoms with van der Waals surface area (Å²) < 4.78 is 6.55. The van der Waals surface area contributed by atoms with Crippen LogP contribution < -0.4 is 5.32 Å². The molecule has 3 rings (SSSR count). The zero-order chi connectivity index (χ0) is 13.9. The van der Waals surface area contributed by atoms with E-state index in [1.165, 1.54) is 0 Å². The van der Waals surface area contributed by atoms with E-state index in [9.17, 15) is 4.79 Å². The highest BCUT2D eigenvalue weighted by molar-refractivity contribution is 9.10. The molecule has 3 nitrogen and oxygen atoms in total. The first-order valence-electron chi connectivity index (χ1n) is 6.85. The number of rotatable bonds is 2. The van der Waals surface area contributed by atoms with Gasteiger partial charge >= 0.3 is 0 Å². The Hall–Kier alpha value is -1.39. The van der Waals surface area contributed by atoms with Crippen molar-refractivity contribution in [1.82, 2.24) is 0 Å². The maximum Gasteiger partial charge on any atom is 0.253 e. The van der Waals surface area contributed by atoms with Gasteiger partial charge < -0.3 is 10.1 Å². The average Bonchev–Trinajstić information content (AvgIpc) is 2.51. The van der Waals surface area contributed by atoms with Gasteiger partial charge in [-0.2, -0.15) is 0 Å². The number of nitrogens with one attached hydrogen (secondary N) is 1. The Bertz CT molecular complexity index is 635. The van der Waals surface area contributed by atoms with E-state index in [0.717, 1.165) is 40.2 Å². The van der Waals surface area contributed by atoms with E-state index in [0.29, 0.717) is 6.61 Å². The van der Waals surface area contributed by atoms with Crippen molar-refractivity contribution in [2.45, 2.75) is 25.4 Å². The fourth-order valence-electron chi connectivity index (χ4n) is 2.53. The number of carbonyl (C=O) groups is 1. The lowest BCUT2D eigenvalue weighted by atomic mass is 10.1. The Morgan fingerprint density at radius 1 is 1.15 bits per heavy atom. The smallest absolute Gasteiger partial charge is 0.253 e. The van der Waals surface area contributed by atoms with E-state index in [2.05, 4.69) is 21.2 Å². The highest BCUT2D eigenvalue weighted by atomic mass is 79.9. The van der Waals surface area contributed by atoms with Crippen LogP contribution in [0.25, 0.3) is 10.8 Å². The topological polar surface area (TPSA) is 38.3 Å². The zero-order valence-electron chi connectivity index (χ0n) is 11.1. The van der Waals surface area contributed by atoms with Crippen LogP contribution in [0.3, 0.4) is 0 Å². The van der Waals surface area contributed by atoms with Gasteiger partial charge in [0, 0.05) is 22.2 Å². The van der Waals surface area contributed by atoms with Gasteiger partial charge in [0.05, 0.1) is 0 Å². The minimum absolute atomic E-state index is 0.0443. The van der Waals surface area contributed by atoms with Crippen LogP contribution in [0.4, 0.5) is 5.69 Å². The third-order valence-electron chi connectivity index (χ3n) is 3.60. The number of benzene rings is 2. The van der Waals surface area contributed by atoms with Gasteiger partial charge in [0.15, 0.2) is 0 Å². The molecule has 0 radical (unpaired) electrons. The highest BCUT2D eigenvalue weighted by Crippen LogP contribution is 2.30. The summed E-state index contributed by atoms with van der Waals surface area (Å²) in [5.41, 5.74) is 0.836. The van der Waals surface area contributed by atoms with E-state index in [4.69, 9.17) is 4.74 Å². The Labute approximate surface area is 126 Å². The van der Waals surface area contributed by atoms with Crippen molar-refractivity contribution in [1.29, 1.82) is 0 Å². The normalized spacial score (nSPS) is 18.9. The van der Waals surface area contributed by atoms with Crippen molar-refractivity contribution in [3.8, 4) is 0 Å². The fourth-order valence-corrected chi connectivity index (χ4v) is 3.01. The number of hydrogen-bond donors (Lipinski definition) is 1. The average molecular weight is 334 g/mol. The maximum atomic E-state index is 12.2.